The van der Waals surface area contributed by atoms with Crippen molar-refractivity contribution in [1.82, 2.24) is 0 Å². The van der Waals surface area contributed by atoms with Gasteiger partial charge in [-0.1, -0.05) is 139 Å². The van der Waals surface area contributed by atoms with Crippen LogP contribution in [0.5, 0.6) is 0 Å². The Bertz CT molecular complexity index is 2330. The van der Waals surface area contributed by atoms with E-state index in [-0.39, 0.29) is 38.5 Å². The summed E-state index contributed by atoms with van der Waals surface area (Å²) in [6.07, 6.45) is 11.8. The minimum atomic E-state index is -0.0421. The molecule has 2 nitrogen and oxygen atoms in total. The second-order valence-electron chi connectivity index (χ2n) is 22.0. The first-order valence-electron chi connectivity index (χ1n) is 21.0. The highest BCUT2D eigenvalue weighted by Gasteiger charge is 2.61. The van der Waals surface area contributed by atoms with Crippen LogP contribution in [0.2, 0.25) is 0 Å². The van der Waals surface area contributed by atoms with Gasteiger partial charge in [-0.05, 0) is 113 Å². The zero-order valence-electron chi connectivity index (χ0n) is 36.7. The molecule has 3 aromatic carbocycles. The maximum Gasteiger partial charge on any atom is 0.0689 e. The van der Waals surface area contributed by atoms with Crippen molar-refractivity contribution in [2.45, 2.75) is 163 Å². The molecule has 3 heteroatoms. The molecule has 1 aromatic heterocycles. The van der Waals surface area contributed by atoms with Crippen LogP contribution >= 0.6 is 11.3 Å². The normalized spacial score (nSPS) is 23.8. The molecule has 0 spiro atoms. The van der Waals surface area contributed by atoms with Gasteiger partial charge in [-0.3, -0.25) is 0 Å². The Morgan fingerprint density at radius 3 is 1.98 bits per heavy atom. The number of fused-ring (bicyclic) bond motifs is 9. The minimum Gasteiger partial charge on any atom is -0.334 e. The fourth-order valence-electron chi connectivity index (χ4n) is 10.1. The highest BCUT2D eigenvalue weighted by molar-refractivity contribution is 7.20. The first-order valence-corrected chi connectivity index (χ1v) is 21.8. The quantitative estimate of drug-likeness (QED) is 0.192. The smallest absolute Gasteiger partial charge is 0.0689 e. The van der Waals surface area contributed by atoms with Gasteiger partial charge >= 0.3 is 0 Å². The lowest BCUT2D eigenvalue weighted by Crippen LogP contribution is -2.55. The van der Waals surface area contributed by atoms with Gasteiger partial charge in [0.25, 0.3) is 0 Å². The van der Waals surface area contributed by atoms with E-state index >= 15 is 0 Å². The molecule has 290 valence electrons. The fourth-order valence-corrected chi connectivity index (χ4v) is 11.4. The van der Waals surface area contributed by atoms with Crippen molar-refractivity contribution >= 4 is 44.2 Å². The predicted molar refractivity (Wildman–Crippen MR) is 242 cm³/mol. The largest absolute Gasteiger partial charge is 0.334 e. The zero-order valence-corrected chi connectivity index (χ0v) is 37.5. The van der Waals surface area contributed by atoms with E-state index in [0.717, 1.165) is 5.70 Å². The molecule has 55 heavy (non-hydrogen) atoms. The molecule has 0 amide bonds. The molecule has 0 bridgehead atoms. The highest BCUT2D eigenvalue weighted by Crippen LogP contribution is 2.70. The van der Waals surface area contributed by atoms with Crippen molar-refractivity contribution in [3.63, 3.8) is 0 Å². The Morgan fingerprint density at radius 1 is 0.745 bits per heavy atom. The van der Waals surface area contributed by atoms with E-state index in [0.29, 0.717) is 0 Å². The monoisotopic (exact) mass is 750 g/mol. The van der Waals surface area contributed by atoms with Gasteiger partial charge in [-0.25, -0.2) is 0 Å². The molecule has 0 radical (unpaired) electrons. The molecule has 4 heterocycles. The van der Waals surface area contributed by atoms with Crippen LogP contribution < -0.4 is 9.80 Å². The number of hydrogen-bond acceptors (Lipinski definition) is 3. The summed E-state index contributed by atoms with van der Waals surface area (Å²) in [5.74, 6) is 0.137. The van der Waals surface area contributed by atoms with Gasteiger partial charge in [0.1, 0.15) is 0 Å². The number of thiophene rings is 1. The third kappa shape index (κ3) is 5.52. The summed E-state index contributed by atoms with van der Waals surface area (Å²) in [4.78, 5) is 6.98. The third-order valence-electron chi connectivity index (χ3n) is 14.4. The van der Waals surface area contributed by atoms with Crippen LogP contribution in [0.4, 0.5) is 22.7 Å². The van der Waals surface area contributed by atoms with E-state index in [4.69, 9.17) is 0 Å². The van der Waals surface area contributed by atoms with Gasteiger partial charge in [-0.15, -0.1) is 11.3 Å². The van der Waals surface area contributed by atoms with Gasteiger partial charge in [0, 0.05) is 43.0 Å². The van der Waals surface area contributed by atoms with Gasteiger partial charge in [0.15, 0.2) is 0 Å². The molecular formula is C52H66N2S. The number of hydrogen-bond donors (Lipinski definition) is 0. The van der Waals surface area contributed by atoms with Crippen LogP contribution in [0.15, 0.2) is 78.5 Å². The van der Waals surface area contributed by atoms with Gasteiger partial charge < -0.3 is 9.80 Å². The van der Waals surface area contributed by atoms with Crippen molar-refractivity contribution in [3.05, 3.63) is 117 Å². The van der Waals surface area contributed by atoms with Gasteiger partial charge in [0.05, 0.1) is 22.8 Å². The highest BCUT2D eigenvalue weighted by atomic mass is 32.1. The van der Waals surface area contributed by atoms with Crippen molar-refractivity contribution in [2.75, 3.05) is 9.80 Å². The van der Waals surface area contributed by atoms with E-state index in [1.165, 1.54) is 96.8 Å². The molecule has 1 saturated carbocycles. The molecule has 4 aromatic rings. The summed E-state index contributed by atoms with van der Waals surface area (Å²) in [6, 6.07) is 17.7. The van der Waals surface area contributed by atoms with E-state index in [1.54, 1.807) is 5.56 Å². The Labute approximate surface area is 337 Å². The summed E-state index contributed by atoms with van der Waals surface area (Å²) in [5, 5.41) is 1.35. The standard InChI is InChI=1S/C52H66N2S/c1-17-35(22-20-31(2)47(3,4)5)53-39-29-34(50(12,13)14)30-40-43(39)42(46-45(53)36-26-32(48(6,7)8)21-23-41(36)55-46)37-27-33(49(9,10)11)28-38-44(37)54(40)52(16)25-19-18-24-51(38,52)15/h17,20-23,26-30,42H,1,18-19,24-25H2,2-16H3/b31-20+,35-22+. The maximum absolute atomic E-state index is 4.53. The lowest BCUT2D eigenvalue weighted by atomic mass is 9.61. The molecule has 4 aliphatic rings. The van der Waals surface area contributed by atoms with E-state index in [1.807, 2.05) is 11.3 Å². The summed E-state index contributed by atoms with van der Waals surface area (Å²) in [7, 11) is 0. The number of benzene rings is 3. The minimum absolute atomic E-state index is 0.0232. The maximum atomic E-state index is 4.53. The Hall–Kier alpha value is -3.56. The molecule has 8 rings (SSSR count). The van der Waals surface area contributed by atoms with Crippen LogP contribution in [0, 0.1) is 5.41 Å². The van der Waals surface area contributed by atoms with Crippen LogP contribution in [0.3, 0.4) is 0 Å². The number of nitrogens with zero attached hydrogens (tertiary/aromatic N) is 2. The fraction of sp³-hybridized carbons (Fsp3) is 0.500. The van der Waals surface area contributed by atoms with Crippen molar-refractivity contribution in [2.24, 2.45) is 5.41 Å². The average Bonchev–Trinajstić information content (AvgIpc) is 3.56. The number of rotatable bonds is 3. The van der Waals surface area contributed by atoms with Crippen LogP contribution in [0.1, 0.15) is 174 Å². The van der Waals surface area contributed by atoms with Crippen molar-refractivity contribution in [3.8, 4) is 0 Å². The molecule has 3 unspecified atom stereocenters. The van der Waals surface area contributed by atoms with Gasteiger partial charge in [-0.2, -0.15) is 0 Å². The van der Waals surface area contributed by atoms with E-state index in [2.05, 4.69) is 181 Å². The molecule has 3 atom stereocenters. The summed E-state index contributed by atoms with van der Waals surface area (Å²) >= 11 is 2.02. The second-order valence-corrected chi connectivity index (χ2v) is 23.1. The molecular weight excluding hydrogens is 685 g/mol. The van der Waals surface area contributed by atoms with Crippen LogP contribution in [-0.2, 0) is 21.7 Å². The van der Waals surface area contributed by atoms with Gasteiger partial charge in [0.2, 0.25) is 0 Å². The van der Waals surface area contributed by atoms with E-state index in [9.17, 15) is 0 Å². The summed E-state index contributed by atoms with van der Waals surface area (Å²) < 4.78 is 1.36. The van der Waals surface area contributed by atoms with E-state index < -0.39 is 0 Å². The topological polar surface area (TPSA) is 6.48 Å². The Morgan fingerprint density at radius 2 is 1.36 bits per heavy atom. The molecule has 1 aliphatic carbocycles. The van der Waals surface area contributed by atoms with Crippen molar-refractivity contribution in [1.29, 1.82) is 0 Å². The SMILES string of the molecule is C=C/C(=C\C=C(/C)C(C)(C)C)N1c2cc(C(C)(C)C)cc3c2C(c2cc(C(C)(C)C)cc4c2N3C2(C)CCCCC42C)c2sc3ccc(C(C)(C)C)cc3c21. The molecule has 0 saturated heterocycles. The number of allylic oxidation sites excluding steroid dienone is 4. The first-order chi connectivity index (χ1) is 25.4. The molecule has 3 aliphatic heterocycles. The zero-order chi connectivity index (χ0) is 40.0. The summed E-state index contributed by atoms with van der Waals surface area (Å²) in [5.41, 5.74) is 17.0. The summed E-state index contributed by atoms with van der Waals surface area (Å²) in [6.45, 7) is 40.4. The lowest BCUT2D eigenvalue weighted by Gasteiger charge is -2.53. The predicted octanol–water partition coefficient (Wildman–Crippen LogP) is 15.5. The molecule has 1 fully saturated rings. The van der Waals surface area contributed by atoms with Crippen LogP contribution in [-0.4, -0.2) is 5.54 Å². The third-order valence-corrected chi connectivity index (χ3v) is 15.6. The Kier molecular flexibility index (Phi) is 8.35. The lowest BCUT2D eigenvalue weighted by molar-refractivity contribution is 0.194. The molecule has 0 N–H and O–H groups in total. The van der Waals surface area contributed by atoms with Crippen molar-refractivity contribution < 1.29 is 0 Å². The number of anilines is 4. The Balaban J connectivity index is 1.57. The average molecular weight is 751 g/mol. The van der Waals surface area contributed by atoms with Crippen LogP contribution in [0.25, 0.3) is 10.1 Å². The second kappa shape index (κ2) is 12.0. The first kappa shape index (κ1) is 38.3.